The number of hydrogen-bond acceptors (Lipinski definition) is 7. The zero-order chi connectivity index (χ0) is 29.6. The van der Waals surface area contributed by atoms with Gasteiger partial charge in [0.2, 0.25) is 15.9 Å². The normalized spacial score (nSPS) is 20.4. The van der Waals surface area contributed by atoms with Crippen LogP contribution in [-0.2, 0) is 21.9 Å². The number of rotatable bonds is 6. The second kappa shape index (κ2) is 11.3. The molecule has 0 unspecified atom stereocenters. The van der Waals surface area contributed by atoms with Crippen molar-refractivity contribution in [3.05, 3.63) is 47.8 Å². The van der Waals surface area contributed by atoms with E-state index in [0.717, 1.165) is 62.3 Å². The van der Waals surface area contributed by atoms with Crippen molar-refractivity contribution in [2.75, 3.05) is 49.9 Å². The first-order chi connectivity index (χ1) is 20.1. The number of nitrogens with one attached hydrogen (secondary N) is 1. The summed E-state index contributed by atoms with van der Waals surface area (Å²) in [5.74, 6) is 0.425. The summed E-state index contributed by atoms with van der Waals surface area (Å²) < 4.78 is 43.1. The molecule has 1 aromatic heterocycles. The van der Waals surface area contributed by atoms with Crippen molar-refractivity contribution in [2.24, 2.45) is 13.0 Å². The highest BCUT2D eigenvalue weighted by atomic mass is 32.2. The molecule has 4 heterocycles. The number of nitrogens with zero attached hydrogens (tertiary/aromatic N) is 5. The maximum atomic E-state index is 13.9. The summed E-state index contributed by atoms with van der Waals surface area (Å²) >= 11 is 0. The summed E-state index contributed by atoms with van der Waals surface area (Å²) in [5, 5.41) is 7.85. The number of urea groups is 1. The molecule has 3 N–H and O–H groups in total. The Hall–Kier alpha value is -3.55. The zero-order valence-corrected chi connectivity index (χ0v) is 24.4. The van der Waals surface area contributed by atoms with Crippen molar-refractivity contribution >= 4 is 44.4 Å². The van der Waals surface area contributed by atoms with E-state index in [9.17, 15) is 22.4 Å². The van der Waals surface area contributed by atoms with Gasteiger partial charge in [0, 0.05) is 45.0 Å². The molecule has 0 bridgehead atoms. The topological polar surface area (TPSA) is 134 Å². The zero-order valence-electron chi connectivity index (χ0n) is 23.6. The minimum atomic E-state index is -3.74. The Morgan fingerprint density at radius 3 is 2.43 bits per heavy atom. The minimum Gasteiger partial charge on any atom is -0.396 e. The predicted octanol–water partition coefficient (Wildman–Crippen LogP) is 3.02. The molecule has 224 valence electrons. The molecule has 0 saturated carbocycles. The van der Waals surface area contributed by atoms with E-state index >= 15 is 0 Å². The van der Waals surface area contributed by atoms with Gasteiger partial charge >= 0.3 is 6.03 Å². The number of hydrogen-bond donors (Lipinski definition) is 2. The van der Waals surface area contributed by atoms with Crippen LogP contribution in [0.2, 0.25) is 0 Å². The van der Waals surface area contributed by atoms with E-state index in [1.807, 2.05) is 13.1 Å². The Balaban J connectivity index is 1.03. The van der Waals surface area contributed by atoms with Crippen molar-refractivity contribution in [1.82, 2.24) is 24.3 Å². The first-order valence-corrected chi connectivity index (χ1v) is 15.9. The summed E-state index contributed by atoms with van der Waals surface area (Å²) in [6, 6.07) is 9.56. The quantitative estimate of drug-likeness (QED) is 0.417. The Morgan fingerprint density at radius 2 is 1.74 bits per heavy atom. The van der Waals surface area contributed by atoms with Crippen LogP contribution in [0.25, 0.3) is 10.9 Å². The Morgan fingerprint density at radius 1 is 1.00 bits per heavy atom. The molecular formula is C29H36FN7O4S. The van der Waals surface area contributed by atoms with E-state index in [1.165, 1.54) is 26.9 Å². The number of piperidine rings is 2. The average Bonchev–Trinajstić information content (AvgIpc) is 3.30. The summed E-state index contributed by atoms with van der Waals surface area (Å²) in [6.07, 6.45) is 3.87. The number of nitrogen functional groups attached to an aromatic ring is 1. The minimum absolute atomic E-state index is 0.0521. The first kappa shape index (κ1) is 28.6. The van der Waals surface area contributed by atoms with E-state index in [2.05, 4.69) is 27.4 Å². The number of nitrogens with two attached hydrogens (primary N) is 1. The van der Waals surface area contributed by atoms with Crippen molar-refractivity contribution in [3.8, 4) is 0 Å². The molecule has 3 aliphatic rings. The molecule has 3 saturated heterocycles. The molecule has 3 amide bonds. The number of fused-ring (bicyclic) bond motifs is 1. The number of imide groups is 1. The number of aromatic nitrogens is 2. The molecule has 13 heteroatoms. The number of aryl methyl sites for hydroxylation is 1. The maximum Gasteiger partial charge on any atom is 0.329 e. The van der Waals surface area contributed by atoms with Crippen molar-refractivity contribution in [1.29, 1.82) is 0 Å². The summed E-state index contributed by atoms with van der Waals surface area (Å²) in [6.45, 7) is 4.07. The monoisotopic (exact) mass is 597 g/mol. The number of likely N-dealkylation sites (tertiary alicyclic amines) is 1. The summed E-state index contributed by atoms with van der Waals surface area (Å²) in [4.78, 5) is 27.9. The lowest BCUT2D eigenvalue weighted by molar-refractivity contribution is -0.120. The van der Waals surface area contributed by atoms with Crippen LogP contribution in [0, 0.1) is 11.7 Å². The SMILES string of the molecule is Cn1nc(N2CCC(=O)NC2=O)c2ccc(C3CCN(CC4CCN(S(=O)(=O)c5ccc(N)c(F)c5)CC4)CC3)cc21. The van der Waals surface area contributed by atoms with Gasteiger partial charge in [-0.1, -0.05) is 6.07 Å². The van der Waals surface area contributed by atoms with Gasteiger partial charge in [0.15, 0.2) is 5.82 Å². The number of anilines is 2. The van der Waals surface area contributed by atoms with E-state index in [-0.39, 0.29) is 22.9 Å². The molecule has 0 radical (unpaired) electrons. The average molecular weight is 598 g/mol. The second-order valence-corrected chi connectivity index (χ2v) is 13.5. The Kier molecular flexibility index (Phi) is 7.66. The molecule has 3 aliphatic heterocycles. The van der Waals surface area contributed by atoms with Crippen LogP contribution in [0.4, 0.5) is 20.7 Å². The van der Waals surface area contributed by atoms with Crippen LogP contribution in [0.1, 0.15) is 43.6 Å². The molecule has 3 aromatic rings. The molecule has 42 heavy (non-hydrogen) atoms. The highest BCUT2D eigenvalue weighted by Crippen LogP contribution is 2.34. The number of halogens is 1. The largest absolute Gasteiger partial charge is 0.396 e. The first-order valence-electron chi connectivity index (χ1n) is 14.5. The van der Waals surface area contributed by atoms with Crippen LogP contribution in [-0.4, -0.2) is 78.6 Å². The van der Waals surface area contributed by atoms with Gasteiger partial charge in [0.1, 0.15) is 5.82 Å². The van der Waals surface area contributed by atoms with Crippen LogP contribution in [0.3, 0.4) is 0 Å². The second-order valence-electron chi connectivity index (χ2n) is 11.6. The third kappa shape index (κ3) is 5.48. The van der Waals surface area contributed by atoms with Gasteiger partial charge < -0.3 is 10.6 Å². The van der Waals surface area contributed by atoms with E-state index in [0.29, 0.717) is 37.3 Å². The van der Waals surface area contributed by atoms with Crippen LogP contribution in [0.15, 0.2) is 41.3 Å². The molecule has 2 aromatic carbocycles. The van der Waals surface area contributed by atoms with Crippen molar-refractivity contribution in [2.45, 2.75) is 42.9 Å². The highest BCUT2D eigenvalue weighted by molar-refractivity contribution is 7.89. The number of amides is 3. The lowest BCUT2D eigenvalue weighted by atomic mass is 9.88. The fourth-order valence-corrected chi connectivity index (χ4v) is 7.92. The lowest BCUT2D eigenvalue weighted by Gasteiger charge is -2.37. The highest BCUT2D eigenvalue weighted by Gasteiger charge is 2.32. The molecule has 0 spiro atoms. The van der Waals surface area contributed by atoms with Gasteiger partial charge in [-0.15, -0.1) is 0 Å². The van der Waals surface area contributed by atoms with Gasteiger partial charge in [-0.05, 0) is 86.5 Å². The van der Waals surface area contributed by atoms with Crippen molar-refractivity contribution < 1.29 is 22.4 Å². The smallest absolute Gasteiger partial charge is 0.329 e. The number of benzene rings is 2. The van der Waals surface area contributed by atoms with E-state index in [4.69, 9.17) is 5.73 Å². The Bertz CT molecular complexity index is 1630. The fourth-order valence-electron chi connectivity index (χ4n) is 6.44. The molecule has 0 aliphatic carbocycles. The lowest BCUT2D eigenvalue weighted by Crippen LogP contribution is -2.49. The molecule has 6 rings (SSSR count). The van der Waals surface area contributed by atoms with Gasteiger partial charge in [-0.2, -0.15) is 9.40 Å². The van der Waals surface area contributed by atoms with Crippen LogP contribution in [0.5, 0.6) is 0 Å². The standard InChI is InChI=1S/C29H36FN7O4S/c1-34-26-16-21(2-4-23(26)28(33-34)37-15-10-27(38)32-29(37)39)20-8-11-35(12-9-20)18-19-6-13-36(14-7-19)42(40,41)22-3-5-25(31)24(30)17-22/h2-5,16-17,19-20H,6-15,18,31H2,1H3,(H,32,38,39). The number of carbonyl (C=O) groups excluding carboxylic acids is 2. The molecular weight excluding hydrogens is 561 g/mol. The molecule has 11 nitrogen and oxygen atoms in total. The number of sulfonamides is 1. The van der Waals surface area contributed by atoms with Gasteiger partial charge in [0.25, 0.3) is 0 Å². The third-order valence-corrected chi connectivity index (χ3v) is 10.8. The number of carbonyl (C=O) groups is 2. The summed E-state index contributed by atoms with van der Waals surface area (Å²) in [5.41, 5.74) is 7.66. The van der Waals surface area contributed by atoms with Gasteiger partial charge in [0.05, 0.1) is 16.1 Å². The molecule has 3 fully saturated rings. The third-order valence-electron chi connectivity index (χ3n) is 8.92. The van der Waals surface area contributed by atoms with E-state index < -0.39 is 21.9 Å². The van der Waals surface area contributed by atoms with Crippen LogP contribution < -0.4 is 16.0 Å². The Labute approximate surface area is 244 Å². The van der Waals surface area contributed by atoms with Gasteiger partial charge in [-0.3, -0.25) is 19.7 Å². The fraction of sp³-hybridized carbons (Fsp3) is 0.483. The molecule has 0 atom stereocenters. The van der Waals surface area contributed by atoms with Crippen LogP contribution >= 0.6 is 0 Å². The predicted molar refractivity (Wildman–Crippen MR) is 157 cm³/mol. The maximum absolute atomic E-state index is 13.9. The van der Waals surface area contributed by atoms with Crippen molar-refractivity contribution in [3.63, 3.8) is 0 Å². The summed E-state index contributed by atoms with van der Waals surface area (Å²) in [7, 11) is -1.87. The van der Waals surface area contributed by atoms with E-state index in [1.54, 1.807) is 4.68 Å². The van der Waals surface area contributed by atoms with Gasteiger partial charge in [-0.25, -0.2) is 17.6 Å².